The number of amides is 1. The number of pyridine rings is 1. The van der Waals surface area contributed by atoms with Crippen molar-refractivity contribution in [2.75, 3.05) is 32.1 Å². The van der Waals surface area contributed by atoms with Gasteiger partial charge in [0.1, 0.15) is 23.2 Å². The van der Waals surface area contributed by atoms with Gasteiger partial charge in [-0.25, -0.2) is 24.1 Å². The Labute approximate surface area is 222 Å². The first-order chi connectivity index (χ1) is 18.1. The molecule has 1 amide bonds. The van der Waals surface area contributed by atoms with Gasteiger partial charge in [-0.3, -0.25) is 4.40 Å². The number of hydrogen-bond donors (Lipinski definition) is 2. The van der Waals surface area contributed by atoms with Crippen LogP contribution in [0.5, 0.6) is 5.75 Å². The molecule has 4 rings (SSSR count). The molecule has 10 nitrogen and oxygen atoms in total. The first-order valence-corrected chi connectivity index (χ1v) is 12.1. The van der Waals surface area contributed by atoms with Crippen LogP contribution in [-0.2, 0) is 10.3 Å². The molecule has 0 bridgehead atoms. The van der Waals surface area contributed by atoms with Gasteiger partial charge in [0.05, 0.1) is 36.8 Å². The smallest absolute Gasteiger partial charge is 0.421 e. The van der Waals surface area contributed by atoms with E-state index < -0.39 is 41.1 Å². The zero-order valence-corrected chi connectivity index (χ0v) is 22.1. The monoisotopic (exact) mass is 554 g/mol. The number of rotatable bonds is 6. The maximum atomic E-state index is 14.6. The van der Waals surface area contributed by atoms with Gasteiger partial charge in [0.25, 0.3) is 0 Å². The number of carbonyl (C=O) groups is 1. The van der Waals surface area contributed by atoms with E-state index in [1.165, 1.54) is 40.9 Å². The van der Waals surface area contributed by atoms with Crippen LogP contribution >= 0.6 is 0 Å². The molecule has 0 aliphatic carbocycles. The number of alkyl halides is 4. The predicted molar refractivity (Wildman–Crippen MR) is 133 cm³/mol. The Hall–Kier alpha value is -3.68. The number of imidazole rings is 1. The minimum Gasteiger partial charge on any atom is -0.496 e. The molecule has 3 aromatic rings. The van der Waals surface area contributed by atoms with Gasteiger partial charge in [-0.05, 0) is 33.8 Å². The normalized spacial score (nSPS) is 19.7. The molecule has 0 spiro atoms. The molecule has 3 atom stereocenters. The number of halogens is 4. The van der Waals surface area contributed by atoms with Crippen LogP contribution in [0.4, 0.5) is 28.3 Å². The van der Waals surface area contributed by atoms with Gasteiger partial charge < -0.3 is 24.8 Å². The summed E-state index contributed by atoms with van der Waals surface area (Å²) in [6.45, 7) is 6.04. The Balaban J connectivity index is 1.55. The molecule has 1 aliphatic heterocycles. The molecular weight excluding hydrogens is 524 g/mol. The fourth-order valence-corrected chi connectivity index (χ4v) is 4.19. The number of ether oxygens (including phenoxy) is 2. The summed E-state index contributed by atoms with van der Waals surface area (Å²) in [6, 6.07) is 2.83. The van der Waals surface area contributed by atoms with Crippen molar-refractivity contribution in [3.8, 4) is 17.1 Å². The van der Waals surface area contributed by atoms with Gasteiger partial charge in [-0.15, -0.1) is 0 Å². The molecule has 1 saturated heterocycles. The molecule has 39 heavy (non-hydrogen) atoms. The number of aliphatic hydroxyl groups is 1. The van der Waals surface area contributed by atoms with Crippen LogP contribution in [0.1, 0.15) is 33.3 Å². The van der Waals surface area contributed by atoms with Crippen LogP contribution in [0.3, 0.4) is 0 Å². The topological polar surface area (TPSA) is 114 Å². The molecule has 1 unspecified atom stereocenters. The Morgan fingerprint density at radius 3 is 2.56 bits per heavy atom. The Morgan fingerprint density at radius 1 is 1.21 bits per heavy atom. The highest BCUT2D eigenvalue weighted by Gasteiger charge is 2.53. The van der Waals surface area contributed by atoms with Crippen molar-refractivity contribution in [2.24, 2.45) is 5.92 Å². The number of nitrogens with one attached hydrogen (secondary N) is 1. The summed E-state index contributed by atoms with van der Waals surface area (Å²) in [6.07, 6.45) is -2.86. The average molecular weight is 555 g/mol. The standard InChI is InChI=1S/C25H30F4N6O4/c1-23(2,3)39-22(36)34-11-14(16(26)13-34)9-32-21-30-7-6-17(33-21)18-10-31-20-8-19(38-5)15(12-35(18)20)24(4,37)25(27,28)29/h6-8,10,12,14,16,37H,9,11,13H2,1-5H3,(H,30,32,33)/t14-,16-,24?/m0/s1. The first kappa shape index (κ1) is 28.3. The molecular formula is C25H30F4N6O4. The van der Waals surface area contributed by atoms with Crippen molar-refractivity contribution < 1.29 is 36.9 Å². The Kier molecular flexibility index (Phi) is 7.36. The van der Waals surface area contributed by atoms with E-state index in [1.54, 1.807) is 20.8 Å². The van der Waals surface area contributed by atoms with Crippen molar-refractivity contribution in [1.82, 2.24) is 24.3 Å². The fourth-order valence-electron chi connectivity index (χ4n) is 4.19. The number of anilines is 1. The summed E-state index contributed by atoms with van der Waals surface area (Å²) in [5.74, 6) is -0.550. The Morgan fingerprint density at radius 2 is 1.92 bits per heavy atom. The number of aromatic nitrogens is 4. The van der Waals surface area contributed by atoms with Crippen LogP contribution < -0.4 is 10.1 Å². The maximum absolute atomic E-state index is 14.6. The predicted octanol–water partition coefficient (Wildman–Crippen LogP) is 4.19. The zero-order chi connectivity index (χ0) is 28.8. The van der Waals surface area contributed by atoms with Gasteiger partial charge in [0.2, 0.25) is 5.95 Å². The van der Waals surface area contributed by atoms with Crippen molar-refractivity contribution in [3.05, 3.63) is 36.3 Å². The van der Waals surface area contributed by atoms with Crippen LogP contribution in [0, 0.1) is 5.92 Å². The first-order valence-electron chi connectivity index (χ1n) is 12.1. The van der Waals surface area contributed by atoms with Crippen molar-refractivity contribution in [1.29, 1.82) is 0 Å². The van der Waals surface area contributed by atoms with E-state index in [4.69, 9.17) is 9.47 Å². The molecule has 0 saturated carbocycles. The summed E-state index contributed by atoms with van der Waals surface area (Å²) in [4.78, 5) is 26.4. The van der Waals surface area contributed by atoms with Crippen molar-refractivity contribution in [3.63, 3.8) is 0 Å². The molecule has 2 N–H and O–H groups in total. The molecule has 1 fully saturated rings. The lowest BCUT2D eigenvalue weighted by molar-refractivity contribution is -0.259. The Bertz CT molecular complexity index is 1350. The minimum absolute atomic E-state index is 0.0858. The van der Waals surface area contributed by atoms with E-state index in [9.17, 15) is 27.5 Å². The summed E-state index contributed by atoms with van der Waals surface area (Å²) in [5.41, 5.74) is -3.46. The summed E-state index contributed by atoms with van der Waals surface area (Å²) < 4.78 is 67.2. The van der Waals surface area contributed by atoms with E-state index in [-0.39, 0.29) is 37.0 Å². The van der Waals surface area contributed by atoms with Crippen LogP contribution in [-0.4, -0.2) is 80.1 Å². The van der Waals surface area contributed by atoms with E-state index in [0.29, 0.717) is 18.3 Å². The molecule has 4 heterocycles. The highest BCUT2D eigenvalue weighted by molar-refractivity contribution is 5.68. The summed E-state index contributed by atoms with van der Waals surface area (Å²) in [7, 11) is 1.20. The maximum Gasteiger partial charge on any atom is 0.421 e. The molecule has 1 aliphatic rings. The fraction of sp³-hybridized carbons (Fsp3) is 0.520. The van der Waals surface area contributed by atoms with Gasteiger partial charge in [-0.2, -0.15) is 13.2 Å². The second-order valence-electron chi connectivity index (χ2n) is 10.5. The quantitative estimate of drug-likeness (QED) is 0.436. The average Bonchev–Trinajstić information content (AvgIpc) is 3.43. The lowest BCUT2D eigenvalue weighted by Crippen LogP contribution is -2.39. The van der Waals surface area contributed by atoms with Crippen LogP contribution in [0.15, 0.2) is 30.7 Å². The number of likely N-dealkylation sites (tertiary alicyclic amines) is 1. The molecule has 0 aromatic carbocycles. The zero-order valence-electron chi connectivity index (χ0n) is 22.1. The van der Waals surface area contributed by atoms with Gasteiger partial charge in [0.15, 0.2) is 5.60 Å². The summed E-state index contributed by atoms with van der Waals surface area (Å²) in [5, 5.41) is 13.3. The van der Waals surface area contributed by atoms with E-state index in [0.717, 1.165) is 6.20 Å². The van der Waals surface area contributed by atoms with E-state index in [1.807, 2.05) is 0 Å². The molecule has 14 heteroatoms. The van der Waals surface area contributed by atoms with E-state index in [2.05, 4.69) is 20.3 Å². The third-order valence-electron chi connectivity index (χ3n) is 6.36. The number of methoxy groups -OCH3 is 1. The number of nitrogens with zero attached hydrogens (tertiary/aromatic N) is 5. The third kappa shape index (κ3) is 5.84. The second kappa shape index (κ2) is 10.1. The SMILES string of the molecule is COc1cc2ncc(-c3ccnc(NC[C@H]4CN(C(=O)OC(C)(C)C)C[C@@H]4F)n3)n2cc1C(C)(O)C(F)(F)F. The van der Waals surface area contributed by atoms with Crippen LogP contribution in [0.2, 0.25) is 0 Å². The lowest BCUT2D eigenvalue weighted by atomic mass is 9.96. The highest BCUT2D eigenvalue weighted by Crippen LogP contribution is 2.43. The van der Waals surface area contributed by atoms with E-state index >= 15 is 0 Å². The van der Waals surface area contributed by atoms with Crippen molar-refractivity contribution in [2.45, 2.75) is 51.2 Å². The third-order valence-corrected chi connectivity index (χ3v) is 6.36. The summed E-state index contributed by atoms with van der Waals surface area (Å²) >= 11 is 0. The molecule has 212 valence electrons. The van der Waals surface area contributed by atoms with Crippen molar-refractivity contribution >= 4 is 17.7 Å². The highest BCUT2D eigenvalue weighted by atomic mass is 19.4. The van der Waals surface area contributed by atoms with Gasteiger partial charge in [-0.1, -0.05) is 0 Å². The molecule has 0 radical (unpaired) electrons. The number of carbonyl (C=O) groups excluding carboxylic acids is 1. The minimum atomic E-state index is -4.96. The van der Waals surface area contributed by atoms with Gasteiger partial charge >= 0.3 is 12.3 Å². The largest absolute Gasteiger partial charge is 0.496 e. The lowest BCUT2D eigenvalue weighted by Gasteiger charge is -2.28. The number of hydrogen-bond acceptors (Lipinski definition) is 8. The second-order valence-corrected chi connectivity index (χ2v) is 10.5. The molecule has 3 aromatic heterocycles. The number of fused-ring (bicyclic) bond motifs is 1. The van der Waals surface area contributed by atoms with Crippen LogP contribution in [0.25, 0.3) is 17.0 Å². The van der Waals surface area contributed by atoms with Gasteiger partial charge in [0, 0.05) is 37.5 Å².